The van der Waals surface area contributed by atoms with E-state index in [1.165, 1.54) is 38.5 Å². The maximum atomic E-state index is 12.4. The molecule has 0 radical (unpaired) electrons. The van der Waals surface area contributed by atoms with Gasteiger partial charge in [0.1, 0.15) is 5.75 Å². The number of sulfonamides is 1. The normalized spacial score (nSPS) is 19.1. The molecule has 6 heteroatoms. The smallest absolute Gasteiger partial charge is 0.240 e. The fourth-order valence-electron chi connectivity index (χ4n) is 3.36. The second-order valence-corrected chi connectivity index (χ2v) is 8.18. The quantitative estimate of drug-likeness (QED) is 0.616. The molecule has 2 aliphatic rings. The highest BCUT2D eigenvalue weighted by molar-refractivity contribution is 7.89. The summed E-state index contributed by atoms with van der Waals surface area (Å²) in [6, 6.07) is 5.63. The average molecular weight is 338 g/mol. The molecule has 3 rings (SSSR count). The van der Waals surface area contributed by atoms with E-state index in [1.807, 2.05) is 0 Å². The molecular formula is C17H26N2O3S. The van der Waals surface area contributed by atoms with Crippen LogP contribution in [-0.4, -0.2) is 34.2 Å². The Bertz CT molecular complexity index is 623. The summed E-state index contributed by atoms with van der Waals surface area (Å²) in [5.41, 5.74) is 0.976. The van der Waals surface area contributed by atoms with Crippen LogP contribution in [0.15, 0.2) is 23.1 Å². The van der Waals surface area contributed by atoms with Crippen LogP contribution in [0.4, 0.5) is 0 Å². The van der Waals surface area contributed by atoms with Crippen molar-refractivity contribution < 1.29 is 13.2 Å². The number of hydrogen-bond acceptors (Lipinski definition) is 4. The van der Waals surface area contributed by atoms with Crippen molar-refractivity contribution in [2.24, 2.45) is 0 Å². The summed E-state index contributed by atoms with van der Waals surface area (Å²) in [6.45, 7) is 1.74. The van der Waals surface area contributed by atoms with Crippen molar-refractivity contribution in [3.05, 3.63) is 23.8 Å². The van der Waals surface area contributed by atoms with Crippen molar-refractivity contribution in [3.8, 4) is 5.75 Å². The molecule has 0 aromatic heterocycles. The molecule has 1 fully saturated rings. The third-order valence-electron chi connectivity index (χ3n) is 4.68. The largest absolute Gasteiger partial charge is 0.493 e. The Morgan fingerprint density at radius 3 is 2.65 bits per heavy atom. The van der Waals surface area contributed by atoms with Crippen LogP contribution in [0.3, 0.4) is 0 Å². The molecule has 128 valence electrons. The monoisotopic (exact) mass is 338 g/mol. The number of benzene rings is 1. The predicted molar refractivity (Wildman–Crippen MR) is 90.3 cm³/mol. The van der Waals surface area contributed by atoms with Crippen LogP contribution in [0.2, 0.25) is 0 Å². The zero-order chi connectivity index (χ0) is 16.1. The fourth-order valence-corrected chi connectivity index (χ4v) is 4.44. The first-order valence-corrected chi connectivity index (χ1v) is 10.1. The molecule has 23 heavy (non-hydrogen) atoms. The van der Waals surface area contributed by atoms with Gasteiger partial charge in [-0.2, -0.15) is 0 Å². The summed E-state index contributed by atoms with van der Waals surface area (Å²) >= 11 is 0. The van der Waals surface area contributed by atoms with Crippen LogP contribution in [0.1, 0.15) is 44.1 Å². The van der Waals surface area contributed by atoms with E-state index in [0.717, 1.165) is 17.7 Å². The lowest BCUT2D eigenvalue weighted by atomic mass is 10.1. The van der Waals surface area contributed by atoms with Crippen LogP contribution in [0.25, 0.3) is 0 Å². The topological polar surface area (TPSA) is 67.4 Å². The van der Waals surface area contributed by atoms with E-state index in [-0.39, 0.29) is 0 Å². The van der Waals surface area contributed by atoms with Gasteiger partial charge in [0.2, 0.25) is 10.0 Å². The summed E-state index contributed by atoms with van der Waals surface area (Å²) < 4.78 is 32.8. The molecule has 1 aromatic rings. The summed E-state index contributed by atoms with van der Waals surface area (Å²) in [7, 11) is -3.44. The Hall–Kier alpha value is -1.11. The van der Waals surface area contributed by atoms with Gasteiger partial charge in [0, 0.05) is 25.6 Å². The van der Waals surface area contributed by atoms with Crippen molar-refractivity contribution >= 4 is 10.0 Å². The number of hydrogen-bond donors (Lipinski definition) is 2. The van der Waals surface area contributed by atoms with Crippen molar-refractivity contribution in [1.29, 1.82) is 0 Å². The van der Waals surface area contributed by atoms with Crippen LogP contribution >= 0.6 is 0 Å². The Morgan fingerprint density at radius 1 is 1.09 bits per heavy atom. The van der Waals surface area contributed by atoms with Gasteiger partial charge in [0.15, 0.2) is 0 Å². The van der Waals surface area contributed by atoms with E-state index in [1.54, 1.807) is 18.2 Å². The first-order valence-electron chi connectivity index (χ1n) is 8.64. The van der Waals surface area contributed by atoms with Crippen LogP contribution in [0.5, 0.6) is 5.75 Å². The second kappa shape index (κ2) is 7.64. The number of ether oxygens (including phenoxy) is 1. The molecule has 0 bridgehead atoms. The molecule has 0 amide bonds. The van der Waals surface area contributed by atoms with Gasteiger partial charge in [-0.1, -0.05) is 25.7 Å². The van der Waals surface area contributed by atoms with Crippen molar-refractivity contribution in [2.45, 2.75) is 55.9 Å². The van der Waals surface area contributed by atoms with Crippen LogP contribution < -0.4 is 14.8 Å². The minimum absolute atomic E-state index is 0.330. The third kappa shape index (κ3) is 4.46. The molecule has 1 aliphatic heterocycles. The molecular weight excluding hydrogens is 312 g/mol. The Morgan fingerprint density at radius 2 is 1.87 bits per heavy atom. The first-order chi connectivity index (χ1) is 11.1. The SMILES string of the molecule is O=S(=O)(NCCNC1CCCCCC1)c1ccc2c(c1)CCO2. The average Bonchev–Trinajstić information content (AvgIpc) is 2.86. The molecule has 1 saturated carbocycles. The van der Waals surface area contributed by atoms with E-state index < -0.39 is 10.0 Å². The lowest BCUT2D eigenvalue weighted by Crippen LogP contribution is -2.36. The zero-order valence-electron chi connectivity index (χ0n) is 13.5. The van der Waals surface area contributed by atoms with Crippen molar-refractivity contribution in [3.63, 3.8) is 0 Å². The van der Waals surface area contributed by atoms with Gasteiger partial charge in [-0.15, -0.1) is 0 Å². The maximum Gasteiger partial charge on any atom is 0.240 e. The van der Waals surface area contributed by atoms with Gasteiger partial charge in [-0.3, -0.25) is 0 Å². The van der Waals surface area contributed by atoms with Crippen LogP contribution in [-0.2, 0) is 16.4 Å². The first kappa shape index (κ1) is 16.7. The van der Waals surface area contributed by atoms with Gasteiger partial charge >= 0.3 is 0 Å². The number of rotatable bonds is 6. The highest BCUT2D eigenvalue weighted by Crippen LogP contribution is 2.27. The van der Waals surface area contributed by atoms with Gasteiger partial charge in [-0.05, 0) is 36.6 Å². The molecule has 1 aliphatic carbocycles. The van der Waals surface area contributed by atoms with Crippen LogP contribution in [0, 0.1) is 0 Å². The minimum atomic E-state index is -3.44. The Labute approximate surface area is 138 Å². The lowest BCUT2D eigenvalue weighted by molar-refractivity contribution is 0.356. The van der Waals surface area contributed by atoms with E-state index in [2.05, 4.69) is 10.0 Å². The lowest BCUT2D eigenvalue weighted by Gasteiger charge is -2.16. The minimum Gasteiger partial charge on any atom is -0.493 e. The summed E-state index contributed by atoms with van der Waals surface area (Å²) in [5.74, 6) is 0.805. The summed E-state index contributed by atoms with van der Waals surface area (Å²) in [5, 5.41) is 3.48. The summed E-state index contributed by atoms with van der Waals surface area (Å²) in [4.78, 5) is 0.330. The molecule has 1 heterocycles. The Kier molecular flexibility index (Phi) is 5.56. The van der Waals surface area contributed by atoms with Gasteiger partial charge in [0.25, 0.3) is 0 Å². The molecule has 1 aromatic carbocycles. The molecule has 0 saturated heterocycles. The second-order valence-electron chi connectivity index (χ2n) is 6.41. The number of fused-ring (bicyclic) bond motifs is 1. The van der Waals surface area contributed by atoms with Gasteiger partial charge < -0.3 is 10.1 Å². The zero-order valence-corrected chi connectivity index (χ0v) is 14.3. The summed E-state index contributed by atoms with van der Waals surface area (Å²) in [6.07, 6.45) is 8.40. The van der Waals surface area contributed by atoms with E-state index in [9.17, 15) is 8.42 Å². The Balaban J connectivity index is 1.49. The highest BCUT2D eigenvalue weighted by atomic mass is 32.2. The van der Waals surface area contributed by atoms with Gasteiger partial charge in [-0.25, -0.2) is 13.1 Å². The number of nitrogens with one attached hydrogen (secondary N) is 2. The standard InChI is InChI=1S/C17H26N2O3S/c20-23(21,16-7-8-17-14(13-16)9-12-22-17)19-11-10-18-15-5-3-1-2-4-6-15/h7-8,13,15,18-19H,1-6,9-12H2. The molecule has 2 N–H and O–H groups in total. The fraction of sp³-hybridized carbons (Fsp3) is 0.647. The van der Waals surface area contributed by atoms with E-state index >= 15 is 0 Å². The van der Waals surface area contributed by atoms with Crippen molar-refractivity contribution in [2.75, 3.05) is 19.7 Å². The van der Waals surface area contributed by atoms with Crippen molar-refractivity contribution in [1.82, 2.24) is 10.0 Å². The predicted octanol–water partition coefficient (Wildman–Crippen LogP) is 2.21. The maximum absolute atomic E-state index is 12.4. The van der Waals surface area contributed by atoms with E-state index in [0.29, 0.717) is 30.6 Å². The highest BCUT2D eigenvalue weighted by Gasteiger charge is 2.19. The van der Waals surface area contributed by atoms with E-state index in [4.69, 9.17) is 4.74 Å². The molecule has 0 spiro atoms. The molecule has 0 unspecified atom stereocenters. The third-order valence-corrected chi connectivity index (χ3v) is 6.14. The molecule has 5 nitrogen and oxygen atoms in total. The van der Waals surface area contributed by atoms with Gasteiger partial charge in [0.05, 0.1) is 11.5 Å². The molecule has 0 atom stereocenters.